The molecule has 1 atom stereocenters. The van der Waals surface area contributed by atoms with Gasteiger partial charge in [0, 0.05) is 37.8 Å². The molecule has 1 aromatic heterocycles. The number of rotatable bonds is 4. The van der Waals surface area contributed by atoms with Crippen molar-refractivity contribution in [3.63, 3.8) is 0 Å². The fraction of sp³-hybridized carbons (Fsp3) is 0.600. The Balaban J connectivity index is 1.49. The maximum Gasteiger partial charge on any atom is 0.321 e. The highest BCUT2D eigenvalue weighted by molar-refractivity contribution is 5.89. The van der Waals surface area contributed by atoms with Crippen LogP contribution in [0.4, 0.5) is 10.5 Å². The first-order chi connectivity index (χ1) is 9.81. The molecule has 1 saturated heterocycles. The molecule has 0 radical (unpaired) electrons. The molecule has 20 heavy (non-hydrogen) atoms. The van der Waals surface area contributed by atoms with E-state index in [0.717, 1.165) is 37.6 Å². The van der Waals surface area contributed by atoms with Crippen molar-refractivity contribution in [2.45, 2.75) is 31.8 Å². The molecule has 5 heteroatoms. The zero-order valence-electron chi connectivity index (χ0n) is 11.6. The van der Waals surface area contributed by atoms with E-state index in [1.165, 1.54) is 12.8 Å². The van der Waals surface area contributed by atoms with Crippen molar-refractivity contribution < 1.29 is 9.53 Å². The summed E-state index contributed by atoms with van der Waals surface area (Å²) in [7, 11) is 0. The molecule has 1 aliphatic carbocycles. The van der Waals surface area contributed by atoms with E-state index in [1.807, 2.05) is 4.90 Å². The van der Waals surface area contributed by atoms with Gasteiger partial charge in [0.05, 0.1) is 6.10 Å². The van der Waals surface area contributed by atoms with Crippen molar-refractivity contribution in [1.82, 2.24) is 9.88 Å². The number of ether oxygens (including phenoxy) is 1. The van der Waals surface area contributed by atoms with Crippen LogP contribution in [-0.4, -0.2) is 41.7 Å². The third-order valence-corrected chi connectivity index (χ3v) is 3.86. The summed E-state index contributed by atoms with van der Waals surface area (Å²) >= 11 is 0. The second-order valence-corrected chi connectivity index (χ2v) is 5.65. The SMILES string of the molecule is O=C(Nc1ccncc1)N1CCCC(OCC2CC2)C1. The number of amides is 2. The second-order valence-electron chi connectivity index (χ2n) is 5.65. The molecule has 108 valence electrons. The lowest BCUT2D eigenvalue weighted by atomic mass is 10.1. The Morgan fingerprint density at radius 3 is 2.90 bits per heavy atom. The fourth-order valence-corrected chi connectivity index (χ4v) is 2.45. The summed E-state index contributed by atoms with van der Waals surface area (Å²) in [6.07, 6.45) is 8.23. The first-order valence-corrected chi connectivity index (χ1v) is 7.39. The van der Waals surface area contributed by atoms with Gasteiger partial charge in [-0.15, -0.1) is 0 Å². The van der Waals surface area contributed by atoms with Gasteiger partial charge in [-0.3, -0.25) is 4.98 Å². The van der Waals surface area contributed by atoms with E-state index < -0.39 is 0 Å². The van der Waals surface area contributed by atoms with E-state index in [1.54, 1.807) is 24.5 Å². The number of hydrogen-bond donors (Lipinski definition) is 1. The van der Waals surface area contributed by atoms with Crippen LogP contribution >= 0.6 is 0 Å². The molecule has 0 spiro atoms. The van der Waals surface area contributed by atoms with Crippen LogP contribution in [0.15, 0.2) is 24.5 Å². The molecule has 2 aliphatic rings. The minimum Gasteiger partial charge on any atom is -0.376 e. The lowest BCUT2D eigenvalue weighted by Crippen LogP contribution is -2.45. The Morgan fingerprint density at radius 1 is 1.35 bits per heavy atom. The number of anilines is 1. The van der Waals surface area contributed by atoms with Crippen molar-refractivity contribution in [2.24, 2.45) is 5.92 Å². The maximum absolute atomic E-state index is 12.2. The third-order valence-electron chi connectivity index (χ3n) is 3.86. The Morgan fingerprint density at radius 2 is 2.15 bits per heavy atom. The molecule has 5 nitrogen and oxygen atoms in total. The van der Waals surface area contributed by atoms with Crippen molar-refractivity contribution in [3.05, 3.63) is 24.5 Å². The highest BCUT2D eigenvalue weighted by atomic mass is 16.5. The monoisotopic (exact) mass is 275 g/mol. The largest absolute Gasteiger partial charge is 0.376 e. The first kappa shape index (κ1) is 13.4. The number of carbonyl (C=O) groups excluding carboxylic acids is 1. The van der Waals surface area contributed by atoms with Crippen LogP contribution < -0.4 is 5.32 Å². The number of pyridine rings is 1. The lowest BCUT2D eigenvalue weighted by Gasteiger charge is -2.32. The average molecular weight is 275 g/mol. The lowest BCUT2D eigenvalue weighted by molar-refractivity contribution is 0.00597. The molecule has 1 aromatic rings. The fourth-order valence-electron chi connectivity index (χ4n) is 2.45. The van der Waals surface area contributed by atoms with Crippen LogP contribution in [0, 0.1) is 5.92 Å². The molecule has 0 aromatic carbocycles. The predicted octanol–water partition coefficient (Wildman–Crippen LogP) is 2.50. The summed E-state index contributed by atoms with van der Waals surface area (Å²) in [6.45, 7) is 2.37. The molecule has 0 bridgehead atoms. The number of nitrogens with one attached hydrogen (secondary N) is 1. The van der Waals surface area contributed by atoms with Gasteiger partial charge in [-0.25, -0.2) is 4.79 Å². The number of carbonyl (C=O) groups is 1. The maximum atomic E-state index is 12.2. The Hall–Kier alpha value is -1.62. The topological polar surface area (TPSA) is 54.5 Å². The Kier molecular flexibility index (Phi) is 4.16. The summed E-state index contributed by atoms with van der Waals surface area (Å²) in [5, 5.41) is 2.90. The number of urea groups is 1. The van der Waals surface area contributed by atoms with Crippen LogP contribution in [0.2, 0.25) is 0 Å². The van der Waals surface area contributed by atoms with Crippen molar-refractivity contribution in [2.75, 3.05) is 25.0 Å². The highest BCUT2D eigenvalue weighted by Crippen LogP contribution is 2.30. The summed E-state index contributed by atoms with van der Waals surface area (Å²) in [5.41, 5.74) is 0.783. The van der Waals surface area contributed by atoms with Crippen molar-refractivity contribution in [3.8, 4) is 0 Å². The van der Waals surface area contributed by atoms with Crippen LogP contribution in [-0.2, 0) is 4.74 Å². The van der Waals surface area contributed by atoms with Gasteiger partial charge in [0.1, 0.15) is 0 Å². The van der Waals surface area contributed by atoms with Gasteiger partial charge in [-0.1, -0.05) is 0 Å². The zero-order valence-corrected chi connectivity index (χ0v) is 11.6. The van der Waals surface area contributed by atoms with E-state index >= 15 is 0 Å². The molecule has 3 rings (SSSR count). The number of likely N-dealkylation sites (tertiary alicyclic amines) is 1. The van der Waals surface area contributed by atoms with E-state index in [2.05, 4.69) is 10.3 Å². The van der Waals surface area contributed by atoms with E-state index in [-0.39, 0.29) is 12.1 Å². The summed E-state index contributed by atoms with van der Waals surface area (Å²) < 4.78 is 5.91. The second kappa shape index (κ2) is 6.22. The smallest absolute Gasteiger partial charge is 0.321 e. The molecule has 1 N–H and O–H groups in total. The summed E-state index contributed by atoms with van der Waals surface area (Å²) in [6, 6.07) is 3.54. The standard InChI is InChI=1S/C15H21N3O2/c19-15(17-13-5-7-16-8-6-13)18-9-1-2-14(10-18)20-11-12-3-4-12/h5-8,12,14H,1-4,9-11H2,(H,16,17,19). The van der Waals surface area contributed by atoms with Gasteiger partial charge in [-0.05, 0) is 43.7 Å². The molecular weight excluding hydrogens is 254 g/mol. The summed E-state index contributed by atoms with van der Waals surface area (Å²) in [4.78, 5) is 18.0. The molecule has 1 aliphatic heterocycles. The number of hydrogen-bond acceptors (Lipinski definition) is 3. The van der Waals surface area contributed by atoms with Crippen molar-refractivity contribution in [1.29, 1.82) is 0 Å². The van der Waals surface area contributed by atoms with Gasteiger partial charge in [0.2, 0.25) is 0 Å². The molecule has 1 unspecified atom stereocenters. The van der Waals surface area contributed by atoms with Gasteiger partial charge in [-0.2, -0.15) is 0 Å². The molecular formula is C15H21N3O2. The molecule has 2 heterocycles. The van der Waals surface area contributed by atoms with Crippen molar-refractivity contribution >= 4 is 11.7 Å². The third kappa shape index (κ3) is 3.70. The van der Waals surface area contributed by atoms with E-state index in [9.17, 15) is 4.79 Å². The molecule has 1 saturated carbocycles. The number of aromatic nitrogens is 1. The van der Waals surface area contributed by atoms with Gasteiger partial charge >= 0.3 is 6.03 Å². The van der Waals surface area contributed by atoms with Crippen LogP contribution in [0.25, 0.3) is 0 Å². The Bertz CT molecular complexity index is 448. The van der Waals surface area contributed by atoms with Crippen LogP contribution in [0.3, 0.4) is 0 Å². The minimum atomic E-state index is -0.0454. The van der Waals surface area contributed by atoms with Gasteiger partial charge < -0.3 is 15.0 Å². The quantitative estimate of drug-likeness (QED) is 0.918. The average Bonchev–Trinajstić information content (AvgIpc) is 3.31. The summed E-state index contributed by atoms with van der Waals surface area (Å²) in [5.74, 6) is 0.774. The van der Waals surface area contributed by atoms with Crippen LogP contribution in [0.5, 0.6) is 0 Å². The predicted molar refractivity (Wildman–Crippen MR) is 76.5 cm³/mol. The minimum absolute atomic E-state index is 0.0454. The van der Waals surface area contributed by atoms with E-state index in [4.69, 9.17) is 4.74 Å². The van der Waals surface area contributed by atoms with Gasteiger partial charge in [0.25, 0.3) is 0 Å². The normalized spacial score (nSPS) is 22.6. The van der Waals surface area contributed by atoms with Crippen LogP contribution in [0.1, 0.15) is 25.7 Å². The zero-order chi connectivity index (χ0) is 13.8. The molecule has 2 fully saturated rings. The number of piperidine rings is 1. The first-order valence-electron chi connectivity index (χ1n) is 7.39. The van der Waals surface area contributed by atoms with Gasteiger partial charge in [0.15, 0.2) is 0 Å². The Labute approximate surface area is 119 Å². The highest BCUT2D eigenvalue weighted by Gasteiger charge is 2.27. The molecule has 2 amide bonds. The van der Waals surface area contributed by atoms with E-state index in [0.29, 0.717) is 6.54 Å². The number of nitrogens with zero attached hydrogens (tertiary/aromatic N) is 2.